The van der Waals surface area contributed by atoms with Crippen LogP contribution >= 0.6 is 0 Å². The first-order valence-corrected chi connectivity index (χ1v) is 6.37. The highest BCUT2D eigenvalue weighted by Gasteiger charge is 2.07. The van der Waals surface area contributed by atoms with Gasteiger partial charge in [0.1, 0.15) is 17.8 Å². The molecule has 0 saturated heterocycles. The zero-order valence-electron chi connectivity index (χ0n) is 11.4. The van der Waals surface area contributed by atoms with Crippen molar-refractivity contribution in [3.8, 4) is 11.6 Å². The van der Waals surface area contributed by atoms with Crippen molar-refractivity contribution >= 4 is 11.5 Å². The van der Waals surface area contributed by atoms with Crippen molar-refractivity contribution in [3.05, 3.63) is 36.7 Å². The first-order chi connectivity index (χ1) is 9.81. The SMILES string of the molecule is COc1ncnc(NCCCOc2ccccc2)c1N. The minimum atomic E-state index is 0.378. The molecule has 2 aromatic rings. The van der Waals surface area contributed by atoms with Gasteiger partial charge in [-0.15, -0.1) is 0 Å². The second-order valence-electron chi connectivity index (χ2n) is 4.09. The fourth-order valence-electron chi connectivity index (χ4n) is 1.67. The molecule has 0 fully saturated rings. The van der Waals surface area contributed by atoms with Crippen LogP contribution in [0.3, 0.4) is 0 Å². The zero-order chi connectivity index (χ0) is 14.2. The lowest BCUT2D eigenvalue weighted by Gasteiger charge is -2.10. The molecule has 0 saturated carbocycles. The standard InChI is InChI=1S/C14H18N4O2/c1-19-14-12(15)13(17-10-18-14)16-8-5-9-20-11-6-3-2-4-7-11/h2-4,6-7,10H,5,8-9,15H2,1H3,(H,16,17,18). The molecule has 0 bridgehead atoms. The van der Waals surface area contributed by atoms with Gasteiger partial charge in [0, 0.05) is 6.54 Å². The van der Waals surface area contributed by atoms with Crippen LogP contribution in [-0.2, 0) is 0 Å². The van der Waals surface area contributed by atoms with Crippen molar-refractivity contribution in [3.63, 3.8) is 0 Å². The predicted molar refractivity (Wildman–Crippen MR) is 78.0 cm³/mol. The monoisotopic (exact) mass is 274 g/mol. The molecule has 106 valence electrons. The van der Waals surface area contributed by atoms with E-state index in [2.05, 4.69) is 15.3 Å². The number of benzene rings is 1. The van der Waals surface area contributed by atoms with Crippen LogP contribution in [0.5, 0.6) is 11.6 Å². The van der Waals surface area contributed by atoms with Crippen molar-refractivity contribution in [2.24, 2.45) is 0 Å². The summed E-state index contributed by atoms with van der Waals surface area (Å²) < 4.78 is 10.6. The minimum absolute atomic E-state index is 0.378. The van der Waals surface area contributed by atoms with Crippen molar-refractivity contribution in [1.29, 1.82) is 0 Å². The maximum atomic E-state index is 5.86. The fraction of sp³-hybridized carbons (Fsp3) is 0.286. The summed E-state index contributed by atoms with van der Waals surface area (Å²) in [5.41, 5.74) is 6.27. The molecule has 2 rings (SSSR count). The average Bonchev–Trinajstić information content (AvgIpc) is 2.49. The van der Waals surface area contributed by atoms with Gasteiger partial charge in [0.25, 0.3) is 0 Å². The van der Waals surface area contributed by atoms with E-state index < -0.39 is 0 Å². The Balaban J connectivity index is 1.74. The number of hydrogen-bond donors (Lipinski definition) is 2. The zero-order valence-corrected chi connectivity index (χ0v) is 11.4. The Morgan fingerprint density at radius 1 is 1.20 bits per heavy atom. The van der Waals surface area contributed by atoms with E-state index in [0.29, 0.717) is 30.5 Å². The van der Waals surface area contributed by atoms with Crippen LogP contribution in [0.4, 0.5) is 11.5 Å². The summed E-state index contributed by atoms with van der Waals surface area (Å²) in [6.45, 7) is 1.33. The van der Waals surface area contributed by atoms with Crippen molar-refractivity contribution in [2.75, 3.05) is 31.3 Å². The van der Waals surface area contributed by atoms with E-state index in [-0.39, 0.29) is 0 Å². The lowest BCUT2D eigenvalue weighted by atomic mass is 10.3. The van der Waals surface area contributed by atoms with Gasteiger partial charge in [0.15, 0.2) is 5.82 Å². The van der Waals surface area contributed by atoms with E-state index in [1.165, 1.54) is 13.4 Å². The van der Waals surface area contributed by atoms with Crippen LogP contribution in [-0.4, -0.2) is 30.2 Å². The minimum Gasteiger partial charge on any atom is -0.494 e. The smallest absolute Gasteiger partial charge is 0.242 e. The van der Waals surface area contributed by atoms with Crippen LogP contribution in [0.2, 0.25) is 0 Å². The van der Waals surface area contributed by atoms with Crippen LogP contribution in [0, 0.1) is 0 Å². The van der Waals surface area contributed by atoms with Crippen molar-refractivity contribution in [1.82, 2.24) is 9.97 Å². The molecular weight excluding hydrogens is 256 g/mol. The normalized spacial score (nSPS) is 10.1. The quantitative estimate of drug-likeness (QED) is 0.751. The van der Waals surface area contributed by atoms with Gasteiger partial charge in [0.05, 0.1) is 13.7 Å². The van der Waals surface area contributed by atoms with E-state index in [4.69, 9.17) is 15.2 Å². The van der Waals surface area contributed by atoms with Crippen LogP contribution in [0.15, 0.2) is 36.7 Å². The lowest BCUT2D eigenvalue weighted by molar-refractivity contribution is 0.315. The summed E-state index contributed by atoms with van der Waals surface area (Å²) in [7, 11) is 1.52. The van der Waals surface area contributed by atoms with Crippen LogP contribution < -0.4 is 20.5 Å². The number of nitrogens with one attached hydrogen (secondary N) is 1. The summed E-state index contributed by atoms with van der Waals surface area (Å²) in [5, 5.41) is 3.14. The summed E-state index contributed by atoms with van der Waals surface area (Å²) in [6, 6.07) is 9.71. The number of rotatable bonds is 7. The number of nitrogens with zero attached hydrogens (tertiary/aromatic N) is 2. The Hall–Kier alpha value is -2.50. The molecule has 1 heterocycles. The predicted octanol–water partition coefficient (Wildman–Crippen LogP) is 1.95. The number of ether oxygens (including phenoxy) is 2. The lowest BCUT2D eigenvalue weighted by Crippen LogP contribution is -2.10. The molecule has 3 N–H and O–H groups in total. The van der Waals surface area contributed by atoms with Gasteiger partial charge >= 0.3 is 0 Å². The Labute approximate surface area is 118 Å². The average molecular weight is 274 g/mol. The highest BCUT2D eigenvalue weighted by Crippen LogP contribution is 2.23. The molecule has 0 radical (unpaired) electrons. The number of aromatic nitrogens is 2. The van der Waals surface area contributed by atoms with Crippen LogP contribution in [0.1, 0.15) is 6.42 Å². The van der Waals surface area contributed by atoms with Gasteiger partial charge in [-0.2, -0.15) is 4.98 Å². The molecular formula is C14H18N4O2. The molecule has 0 spiro atoms. The van der Waals surface area contributed by atoms with Gasteiger partial charge in [-0.1, -0.05) is 18.2 Å². The number of anilines is 2. The van der Waals surface area contributed by atoms with Gasteiger partial charge in [-0.3, -0.25) is 0 Å². The number of hydrogen-bond acceptors (Lipinski definition) is 6. The summed E-state index contributed by atoms with van der Waals surface area (Å²) in [5.74, 6) is 1.83. The Morgan fingerprint density at radius 2 is 2.00 bits per heavy atom. The molecule has 0 atom stereocenters. The Kier molecular flexibility index (Phi) is 5.00. The third-order valence-corrected chi connectivity index (χ3v) is 2.67. The Bertz CT molecular complexity index is 534. The van der Waals surface area contributed by atoms with Gasteiger partial charge in [-0.25, -0.2) is 4.98 Å². The van der Waals surface area contributed by atoms with E-state index in [0.717, 1.165) is 12.2 Å². The first kappa shape index (κ1) is 13.9. The maximum Gasteiger partial charge on any atom is 0.242 e. The summed E-state index contributed by atoms with van der Waals surface area (Å²) in [4.78, 5) is 7.99. The van der Waals surface area contributed by atoms with Gasteiger partial charge in [-0.05, 0) is 18.6 Å². The maximum absolute atomic E-state index is 5.86. The van der Waals surface area contributed by atoms with E-state index in [9.17, 15) is 0 Å². The van der Waals surface area contributed by atoms with E-state index >= 15 is 0 Å². The first-order valence-electron chi connectivity index (χ1n) is 6.37. The van der Waals surface area contributed by atoms with Gasteiger partial charge in [0.2, 0.25) is 5.88 Å². The Morgan fingerprint density at radius 3 is 2.75 bits per heavy atom. The van der Waals surface area contributed by atoms with Crippen molar-refractivity contribution in [2.45, 2.75) is 6.42 Å². The van der Waals surface area contributed by atoms with Crippen molar-refractivity contribution < 1.29 is 9.47 Å². The topological polar surface area (TPSA) is 82.3 Å². The molecule has 0 aliphatic rings. The fourth-order valence-corrected chi connectivity index (χ4v) is 1.67. The molecule has 0 aliphatic carbocycles. The van der Waals surface area contributed by atoms with Crippen LogP contribution in [0.25, 0.3) is 0 Å². The number of para-hydroxylation sites is 1. The molecule has 6 nitrogen and oxygen atoms in total. The van der Waals surface area contributed by atoms with E-state index in [1.54, 1.807) is 0 Å². The third-order valence-electron chi connectivity index (χ3n) is 2.67. The molecule has 0 amide bonds. The second kappa shape index (κ2) is 7.18. The molecule has 1 aromatic heterocycles. The molecule has 6 heteroatoms. The molecule has 0 unspecified atom stereocenters. The second-order valence-corrected chi connectivity index (χ2v) is 4.09. The highest BCUT2D eigenvalue weighted by molar-refractivity contribution is 5.66. The molecule has 1 aromatic carbocycles. The van der Waals surface area contributed by atoms with E-state index in [1.807, 2.05) is 30.3 Å². The highest BCUT2D eigenvalue weighted by atomic mass is 16.5. The summed E-state index contributed by atoms with van der Waals surface area (Å²) in [6.07, 6.45) is 2.25. The number of methoxy groups -OCH3 is 1. The number of nitrogen functional groups attached to an aromatic ring is 1. The van der Waals surface area contributed by atoms with Gasteiger partial charge < -0.3 is 20.5 Å². The summed E-state index contributed by atoms with van der Waals surface area (Å²) >= 11 is 0. The largest absolute Gasteiger partial charge is 0.494 e. The number of nitrogens with two attached hydrogens (primary N) is 1. The molecule has 0 aliphatic heterocycles. The molecule has 20 heavy (non-hydrogen) atoms. The third kappa shape index (κ3) is 3.74.